The molecule has 2 aliphatic heterocycles. The monoisotopic (exact) mass is 504 g/mol. The number of hydrogen-bond acceptors (Lipinski definition) is 10. The van der Waals surface area contributed by atoms with Crippen LogP contribution in [-0.2, 0) is 26.0 Å². The first kappa shape index (κ1) is 26.2. The lowest BCUT2D eigenvalue weighted by Crippen LogP contribution is -2.63. The number of amides is 1. The van der Waals surface area contributed by atoms with E-state index in [4.69, 9.17) is 4.74 Å². The summed E-state index contributed by atoms with van der Waals surface area (Å²) in [4.78, 5) is 16.8. The highest BCUT2D eigenvalue weighted by Gasteiger charge is 2.55. The molecule has 0 unspecified atom stereocenters. The zero-order chi connectivity index (χ0) is 23.9. The topological polar surface area (TPSA) is 128 Å². The van der Waals surface area contributed by atoms with E-state index in [1.807, 2.05) is 0 Å². The second kappa shape index (κ2) is 11.8. The largest absolute Gasteiger partial charge is 0.383 e. The first-order valence-electron chi connectivity index (χ1n) is 11.6. The molecule has 0 spiro atoms. The van der Waals surface area contributed by atoms with Gasteiger partial charge in [0.1, 0.15) is 5.01 Å². The first-order valence-corrected chi connectivity index (χ1v) is 13.9. The summed E-state index contributed by atoms with van der Waals surface area (Å²) >= 11 is 1.56. The molecule has 2 saturated heterocycles. The number of ether oxygens (including phenoxy) is 1. The van der Waals surface area contributed by atoms with E-state index in [2.05, 4.69) is 26.9 Å². The van der Waals surface area contributed by atoms with Gasteiger partial charge in [0.2, 0.25) is 15.2 Å². The number of hydroxylamine groups is 1. The molecular formula is C20H36N6O5S2. The fraction of sp³-hybridized carbons (Fsp3) is 0.850. The molecule has 2 fully saturated rings. The number of hydrogen-bond donors (Lipinski definition) is 2. The number of piperazine rings is 1. The standard InChI is InChI=1S/C20H36N6O5S2/c1-3-4-5-6-17-21-22-19(32-17)25-11-13-26(14-12-25)33(29,30)20(18(27)23-28)7-9-24(10-8-20)15-16-31-2/h28H,3-16H2,1-2H3,(H,23,27). The van der Waals surface area contributed by atoms with Crippen molar-refractivity contribution in [2.75, 3.05) is 64.4 Å². The normalized spacial score (nSPS) is 20.2. The number of methoxy groups -OCH3 is 1. The molecule has 1 aromatic heterocycles. The van der Waals surface area contributed by atoms with Crippen molar-refractivity contribution in [1.82, 2.24) is 24.9 Å². The van der Waals surface area contributed by atoms with Gasteiger partial charge in [-0.3, -0.25) is 10.0 Å². The average Bonchev–Trinajstić information content (AvgIpc) is 3.31. The molecule has 2 aliphatic rings. The number of piperidine rings is 1. The van der Waals surface area contributed by atoms with Crippen LogP contribution in [0.15, 0.2) is 0 Å². The van der Waals surface area contributed by atoms with Gasteiger partial charge in [0.05, 0.1) is 6.61 Å². The Bertz CT molecular complexity index is 864. The van der Waals surface area contributed by atoms with Gasteiger partial charge in [0.15, 0.2) is 4.75 Å². The van der Waals surface area contributed by atoms with Crippen LogP contribution in [0.3, 0.4) is 0 Å². The summed E-state index contributed by atoms with van der Waals surface area (Å²) < 4.78 is 32.1. The van der Waals surface area contributed by atoms with E-state index in [0.717, 1.165) is 29.4 Å². The van der Waals surface area contributed by atoms with Gasteiger partial charge in [-0.25, -0.2) is 13.9 Å². The number of carbonyl (C=O) groups is 1. The molecule has 0 saturated carbocycles. The number of aromatic nitrogens is 2. The molecule has 3 heterocycles. The van der Waals surface area contributed by atoms with Crippen LogP contribution in [-0.4, -0.2) is 103 Å². The molecule has 13 heteroatoms. The van der Waals surface area contributed by atoms with Crippen LogP contribution in [0.2, 0.25) is 0 Å². The van der Waals surface area contributed by atoms with E-state index in [0.29, 0.717) is 39.3 Å². The van der Waals surface area contributed by atoms with E-state index in [1.165, 1.54) is 10.7 Å². The van der Waals surface area contributed by atoms with Crippen molar-refractivity contribution in [3.05, 3.63) is 5.01 Å². The van der Waals surface area contributed by atoms with Crippen LogP contribution < -0.4 is 10.4 Å². The number of rotatable bonds is 11. The Kier molecular flexibility index (Phi) is 9.42. The second-order valence-corrected chi connectivity index (χ2v) is 11.9. The minimum atomic E-state index is -3.97. The van der Waals surface area contributed by atoms with Crippen LogP contribution in [0.25, 0.3) is 0 Å². The maximum absolute atomic E-state index is 13.6. The van der Waals surface area contributed by atoms with Crippen LogP contribution in [0.1, 0.15) is 44.0 Å². The van der Waals surface area contributed by atoms with Crippen molar-refractivity contribution in [3.63, 3.8) is 0 Å². The Morgan fingerprint density at radius 3 is 2.45 bits per heavy atom. The number of unbranched alkanes of at least 4 members (excludes halogenated alkanes) is 2. The van der Waals surface area contributed by atoms with E-state index in [9.17, 15) is 18.4 Å². The maximum Gasteiger partial charge on any atom is 0.266 e. The van der Waals surface area contributed by atoms with Gasteiger partial charge in [-0.05, 0) is 19.3 Å². The highest BCUT2D eigenvalue weighted by molar-refractivity contribution is 7.91. The smallest absolute Gasteiger partial charge is 0.266 e. The average molecular weight is 505 g/mol. The maximum atomic E-state index is 13.6. The van der Waals surface area contributed by atoms with Gasteiger partial charge in [-0.2, -0.15) is 4.31 Å². The third-order valence-corrected chi connectivity index (χ3v) is 10.3. The van der Waals surface area contributed by atoms with Crippen molar-refractivity contribution >= 4 is 32.4 Å². The minimum absolute atomic E-state index is 0.128. The van der Waals surface area contributed by atoms with E-state index in [-0.39, 0.29) is 25.9 Å². The quantitative estimate of drug-likeness (QED) is 0.254. The fourth-order valence-corrected chi connectivity index (χ4v) is 7.48. The van der Waals surface area contributed by atoms with Crippen molar-refractivity contribution in [3.8, 4) is 0 Å². The zero-order valence-electron chi connectivity index (χ0n) is 19.5. The van der Waals surface area contributed by atoms with Crippen LogP contribution in [0, 0.1) is 0 Å². The number of nitrogens with one attached hydrogen (secondary N) is 1. The van der Waals surface area contributed by atoms with Gasteiger partial charge in [0.25, 0.3) is 5.91 Å². The fourth-order valence-electron chi connectivity index (χ4n) is 4.43. The number of anilines is 1. The molecule has 11 nitrogen and oxygen atoms in total. The summed E-state index contributed by atoms with van der Waals surface area (Å²) in [7, 11) is -2.36. The summed E-state index contributed by atoms with van der Waals surface area (Å²) in [5, 5.41) is 19.7. The van der Waals surface area contributed by atoms with Gasteiger partial charge in [-0.1, -0.05) is 31.1 Å². The summed E-state index contributed by atoms with van der Waals surface area (Å²) in [5.74, 6) is -0.850. The summed E-state index contributed by atoms with van der Waals surface area (Å²) in [6, 6.07) is 0. The van der Waals surface area contributed by atoms with Crippen LogP contribution in [0.4, 0.5) is 5.13 Å². The predicted molar refractivity (Wildman–Crippen MR) is 126 cm³/mol. The third kappa shape index (κ3) is 5.82. The molecule has 2 N–H and O–H groups in total. The van der Waals surface area contributed by atoms with Crippen molar-refractivity contribution in [1.29, 1.82) is 0 Å². The molecule has 188 valence electrons. The Labute approximate surface area is 200 Å². The van der Waals surface area contributed by atoms with Gasteiger partial charge in [0, 0.05) is 59.3 Å². The van der Waals surface area contributed by atoms with Crippen LogP contribution >= 0.6 is 11.3 Å². The SMILES string of the molecule is CCCCCc1nnc(N2CCN(S(=O)(=O)C3(C(=O)NO)CCN(CCOC)CC3)CC2)s1. The predicted octanol–water partition coefficient (Wildman–Crippen LogP) is 0.709. The molecule has 0 radical (unpaired) electrons. The Morgan fingerprint density at radius 1 is 1.15 bits per heavy atom. The Balaban J connectivity index is 1.64. The van der Waals surface area contributed by atoms with E-state index >= 15 is 0 Å². The summed E-state index contributed by atoms with van der Waals surface area (Å²) in [6.45, 7) is 5.77. The van der Waals surface area contributed by atoms with Crippen molar-refractivity contribution in [2.24, 2.45) is 0 Å². The number of carbonyl (C=O) groups excluding carboxylic acids is 1. The molecule has 1 amide bonds. The lowest BCUT2D eigenvalue weighted by atomic mass is 9.95. The molecular weight excluding hydrogens is 468 g/mol. The van der Waals surface area contributed by atoms with E-state index < -0.39 is 20.7 Å². The van der Waals surface area contributed by atoms with Crippen molar-refractivity contribution < 1.29 is 23.2 Å². The third-order valence-electron chi connectivity index (χ3n) is 6.58. The number of sulfonamides is 1. The van der Waals surface area contributed by atoms with E-state index in [1.54, 1.807) is 23.9 Å². The molecule has 3 rings (SSSR count). The van der Waals surface area contributed by atoms with Gasteiger partial charge < -0.3 is 14.5 Å². The number of nitrogens with zero attached hydrogens (tertiary/aromatic N) is 5. The lowest BCUT2D eigenvalue weighted by Gasteiger charge is -2.43. The molecule has 0 aromatic carbocycles. The van der Waals surface area contributed by atoms with Crippen LogP contribution in [0.5, 0.6) is 0 Å². The highest BCUT2D eigenvalue weighted by atomic mass is 32.2. The number of aryl methyl sites for hydroxylation is 1. The summed E-state index contributed by atoms with van der Waals surface area (Å²) in [5.41, 5.74) is 1.62. The highest BCUT2D eigenvalue weighted by Crippen LogP contribution is 2.35. The molecule has 1 aromatic rings. The Morgan fingerprint density at radius 2 is 1.85 bits per heavy atom. The molecule has 0 atom stereocenters. The Hall–Kier alpha value is -1.38. The second-order valence-electron chi connectivity index (χ2n) is 8.60. The molecule has 0 bridgehead atoms. The first-order chi connectivity index (χ1) is 15.9. The lowest BCUT2D eigenvalue weighted by molar-refractivity contribution is -0.133. The number of likely N-dealkylation sites (tertiary alicyclic amines) is 1. The van der Waals surface area contributed by atoms with Crippen molar-refractivity contribution in [2.45, 2.75) is 50.2 Å². The summed E-state index contributed by atoms with van der Waals surface area (Å²) in [6.07, 6.45) is 4.59. The molecule has 0 aliphatic carbocycles. The minimum Gasteiger partial charge on any atom is -0.383 e. The zero-order valence-corrected chi connectivity index (χ0v) is 21.2. The molecule has 33 heavy (non-hydrogen) atoms. The van der Waals surface area contributed by atoms with Gasteiger partial charge >= 0.3 is 0 Å². The van der Waals surface area contributed by atoms with Gasteiger partial charge in [-0.15, -0.1) is 10.2 Å².